The first-order valence-corrected chi connectivity index (χ1v) is 6.03. The van der Waals surface area contributed by atoms with Gasteiger partial charge in [0, 0.05) is 11.2 Å². The number of carboxylic acid groups (broad SMARTS) is 1. The molecule has 1 aromatic carbocycles. The van der Waals surface area contributed by atoms with Crippen molar-refractivity contribution in [3.05, 3.63) is 64.4 Å². The fourth-order valence-corrected chi connectivity index (χ4v) is 1.67. The van der Waals surface area contributed by atoms with Crippen molar-refractivity contribution in [3.63, 3.8) is 0 Å². The van der Waals surface area contributed by atoms with Crippen LogP contribution in [0.5, 0.6) is 0 Å². The third kappa shape index (κ3) is 4.05. The van der Waals surface area contributed by atoms with Crippen LogP contribution in [0.2, 0.25) is 5.02 Å². The number of rotatable bonds is 5. The Labute approximate surface area is 115 Å². The van der Waals surface area contributed by atoms with Crippen LogP contribution in [0.25, 0.3) is 0 Å². The maximum atomic E-state index is 10.8. The molecule has 1 aromatic heterocycles. The van der Waals surface area contributed by atoms with Gasteiger partial charge in [-0.3, -0.25) is 0 Å². The third-order valence-electron chi connectivity index (χ3n) is 2.49. The van der Waals surface area contributed by atoms with E-state index in [4.69, 9.17) is 21.4 Å². The number of carboxylic acids is 1. The number of benzene rings is 1. The van der Waals surface area contributed by atoms with Crippen molar-refractivity contribution in [2.75, 3.05) is 0 Å². The van der Waals surface area contributed by atoms with E-state index in [-0.39, 0.29) is 5.69 Å². The molecule has 0 saturated carbocycles. The van der Waals surface area contributed by atoms with Crippen molar-refractivity contribution in [3.8, 4) is 0 Å². The molecule has 19 heavy (non-hydrogen) atoms. The van der Waals surface area contributed by atoms with Crippen LogP contribution in [0.3, 0.4) is 0 Å². The monoisotopic (exact) mass is 277 g/mol. The summed E-state index contributed by atoms with van der Waals surface area (Å²) in [5.41, 5.74) is 1.81. The molecule has 0 bridgehead atoms. The first-order chi connectivity index (χ1) is 9.15. The summed E-state index contributed by atoms with van der Waals surface area (Å²) in [4.78, 5) is 14.5. The molecular formula is C14H12ClNO3. The smallest absolute Gasteiger partial charge is 0.354 e. The molecule has 1 N–H and O–H groups in total. The number of aromatic carboxylic acids is 1. The summed E-state index contributed by atoms with van der Waals surface area (Å²) >= 11 is 5.79. The van der Waals surface area contributed by atoms with E-state index in [0.717, 1.165) is 11.1 Å². The Morgan fingerprint density at radius 3 is 2.53 bits per heavy atom. The molecule has 0 saturated heterocycles. The summed E-state index contributed by atoms with van der Waals surface area (Å²) < 4.78 is 5.52. The van der Waals surface area contributed by atoms with Gasteiger partial charge in [-0.2, -0.15) is 0 Å². The minimum absolute atomic E-state index is 0.0209. The Morgan fingerprint density at radius 2 is 1.84 bits per heavy atom. The van der Waals surface area contributed by atoms with Gasteiger partial charge in [0.1, 0.15) is 5.69 Å². The Kier molecular flexibility index (Phi) is 4.49. The molecule has 0 unspecified atom stereocenters. The molecule has 0 aliphatic rings. The van der Waals surface area contributed by atoms with E-state index in [9.17, 15) is 4.79 Å². The van der Waals surface area contributed by atoms with Gasteiger partial charge in [0.05, 0.1) is 13.2 Å². The van der Waals surface area contributed by atoms with Crippen LogP contribution in [-0.2, 0) is 18.0 Å². The topological polar surface area (TPSA) is 59.4 Å². The number of hydrogen-bond donors (Lipinski definition) is 1. The van der Waals surface area contributed by atoms with Crippen molar-refractivity contribution in [1.82, 2.24) is 4.98 Å². The molecule has 5 heteroatoms. The number of pyridine rings is 1. The molecule has 0 aliphatic carbocycles. The number of carbonyl (C=O) groups is 1. The molecular weight excluding hydrogens is 266 g/mol. The van der Waals surface area contributed by atoms with Crippen molar-refractivity contribution in [2.24, 2.45) is 0 Å². The van der Waals surface area contributed by atoms with Crippen LogP contribution < -0.4 is 0 Å². The van der Waals surface area contributed by atoms with Gasteiger partial charge in [0.2, 0.25) is 0 Å². The number of aromatic nitrogens is 1. The second kappa shape index (κ2) is 6.31. The lowest BCUT2D eigenvalue weighted by Crippen LogP contribution is -2.02. The van der Waals surface area contributed by atoms with E-state index in [1.54, 1.807) is 18.2 Å². The van der Waals surface area contributed by atoms with Gasteiger partial charge in [-0.1, -0.05) is 23.7 Å². The standard InChI is InChI=1S/C14H12ClNO3/c15-12-3-1-10(2-4-12)8-19-9-11-5-6-16-13(7-11)14(17)18/h1-7H,8-9H2,(H,17,18). The van der Waals surface area contributed by atoms with E-state index in [1.165, 1.54) is 12.3 Å². The first-order valence-electron chi connectivity index (χ1n) is 5.65. The first kappa shape index (κ1) is 13.5. The fourth-order valence-electron chi connectivity index (χ4n) is 1.55. The summed E-state index contributed by atoms with van der Waals surface area (Å²) in [6, 6.07) is 10.6. The molecule has 0 fully saturated rings. The van der Waals surface area contributed by atoms with Crippen LogP contribution in [0.15, 0.2) is 42.6 Å². The molecule has 1 heterocycles. The highest BCUT2D eigenvalue weighted by Crippen LogP contribution is 2.11. The molecule has 98 valence electrons. The molecule has 0 amide bonds. The lowest BCUT2D eigenvalue weighted by atomic mass is 10.2. The van der Waals surface area contributed by atoms with Crippen molar-refractivity contribution in [2.45, 2.75) is 13.2 Å². The highest BCUT2D eigenvalue weighted by Gasteiger charge is 2.04. The van der Waals surface area contributed by atoms with Crippen LogP contribution >= 0.6 is 11.6 Å². The highest BCUT2D eigenvalue weighted by molar-refractivity contribution is 6.30. The summed E-state index contributed by atoms with van der Waals surface area (Å²) in [6.45, 7) is 0.785. The maximum absolute atomic E-state index is 10.8. The Morgan fingerprint density at radius 1 is 1.16 bits per heavy atom. The van der Waals surface area contributed by atoms with Gasteiger partial charge < -0.3 is 9.84 Å². The van der Waals surface area contributed by atoms with Gasteiger partial charge in [0.25, 0.3) is 0 Å². The largest absolute Gasteiger partial charge is 0.477 e. The number of halogens is 1. The van der Waals surface area contributed by atoms with Crippen LogP contribution in [0.1, 0.15) is 21.6 Å². The van der Waals surface area contributed by atoms with Gasteiger partial charge in [-0.05, 0) is 35.4 Å². The quantitative estimate of drug-likeness (QED) is 0.912. The minimum atomic E-state index is -1.04. The second-order valence-electron chi connectivity index (χ2n) is 3.97. The molecule has 0 spiro atoms. The van der Waals surface area contributed by atoms with Crippen molar-refractivity contribution >= 4 is 17.6 Å². The van der Waals surface area contributed by atoms with E-state index in [1.807, 2.05) is 12.1 Å². The number of nitrogens with zero attached hydrogens (tertiary/aromatic N) is 1. The van der Waals surface area contributed by atoms with E-state index >= 15 is 0 Å². The lowest BCUT2D eigenvalue weighted by molar-refractivity contribution is 0.0689. The lowest BCUT2D eigenvalue weighted by Gasteiger charge is -2.05. The summed E-state index contributed by atoms with van der Waals surface area (Å²) in [7, 11) is 0. The fraction of sp³-hybridized carbons (Fsp3) is 0.143. The number of hydrogen-bond acceptors (Lipinski definition) is 3. The summed E-state index contributed by atoms with van der Waals surface area (Å²) in [5, 5.41) is 9.51. The Hall–Kier alpha value is -1.91. The summed E-state index contributed by atoms with van der Waals surface area (Å²) in [5.74, 6) is -1.04. The molecule has 0 atom stereocenters. The Balaban J connectivity index is 1.90. The molecule has 2 aromatic rings. The summed E-state index contributed by atoms with van der Waals surface area (Å²) in [6.07, 6.45) is 1.46. The normalized spacial score (nSPS) is 10.4. The predicted octanol–water partition coefficient (Wildman–Crippen LogP) is 3.15. The van der Waals surface area contributed by atoms with Crippen molar-refractivity contribution < 1.29 is 14.6 Å². The minimum Gasteiger partial charge on any atom is -0.477 e. The third-order valence-corrected chi connectivity index (χ3v) is 2.75. The van der Waals surface area contributed by atoms with Gasteiger partial charge in [0.15, 0.2) is 0 Å². The molecule has 4 nitrogen and oxygen atoms in total. The molecule has 0 aliphatic heterocycles. The van der Waals surface area contributed by atoms with E-state index in [0.29, 0.717) is 18.2 Å². The average molecular weight is 278 g/mol. The van der Waals surface area contributed by atoms with Crippen molar-refractivity contribution in [1.29, 1.82) is 0 Å². The maximum Gasteiger partial charge on any atom is 0.354 e. The molecule has 0 radical (unpaired) electrons. The van der Waals surface area contributed by atoms with Gasteiger partial charge in [-0.25, -0.2) is 9.78 Å². The zero-order valence-electron chi connectivity index (χ0n) is 10.0. The highest BCUT2D eigenvalue weighted by atomic mass is 35.5. The van der Waals surface area contributed by atoms with E-state index in [2.05, 4.69) is 4.98 Å². The number of ether oxygens (including phenoxy) is 1. The van der Waals surface area contributed by atoms with Crippen LogP contribution in [0, 0.1) is 0 Å². The zero-order chi connectivity index (χ0) is 13.7. The predicted molar refractivity (Wildman–Crippen MR) is 71.1 cm³/mol. The average Bonchev–Trinajstić information content (AvgIpc) is 2.41. The SMILES string of the molecule is O=C(O)c1cc(COCc2ccc(Cl)cc2)ccn1. The van der Waals surface area contributed by atoms with Crippen LogP contribution in [0.4, 0.5) is 0 Å². The second-order valence-corrected chi connectivity index (χ2v) is 4.41. The zero-order valence-corrected chi connectivity index (χ0v) is 10.8. The van der Waals surface area contributed by atoms with Gasteiger partial charge >= 0.3 is 5.97 Å². The van der Waals surface area contributed by atoms with E-state index < -0.39 is 5.97 Å². The van der Waals surface area contributed by atoms with Gasteiger partial charge in [-0.15, -0.1) is 0 Å². The van der Waals surface area contributed by atoms with Crippen LogP contribution in [-0.4, -0.2) is 16.1 Å². The molecule has 2 rings (SSSR count). The Bertz CT molecular complexity index is 569.